The monoisotopic (exact) mass is 297 g/mol. The van der Waals surface area contributed by atoms with Crippen molar-refractivity contribution in [1.82, 2.24) is 5.32 Å². The van der Waals surface area contributed by atoms with Gasteiger partial charge in [-0.2, -0.15) is 0 Å². The molecule has 0 saturated heterocycles. The molecule has 0 radical (unpaired) electrons. The summed E-state index contributed by atoms with van der Waals surface area (Å²) in [6, 6.07) is 0. The normalized spacial score (nSPS) is 19.7. The molecule has 0 aromatic heterocycles. The highest BCUT2D eigenvalue weighted by Crippen LogP contribution is 2.37. The lowest BCUT2D eigenvalue weighted by atomic mass is 10.1. The van der Waals surface area contributed by atoms with Crippen molar-refractivity contribution in [1.29, 1.82) is 0 Å². The van der Waals surface area contributed by atoms with Gasteiger partial charge < -0.3 is 5.32 Å². The zero-order valence-corrected chi connectivity index (χ0v) is 11.5. The fourth-order valence-corrected chi connectivity index (χ4v) is 2.09. The number of nitrogens with one attached hydrogen (secondary N) is 1. The maximum absolute atomic E-state index is 11.8. The van der Waals surface area contributed by atoms with Crippen LogP contribution < -0.4 is 5.32 Å². The number of halogens is 1. The fourth-order valence-electron chi connectivity index (χ4n) is 1.00. The van der Waals surface area contributed by atoms with Gasteiger partial charge in [-0.1, -0.05) is 15.9 Å². The van der Waals surface area contributed by atoms with Crippen LogP contribution in [-0.4, -0.2) is 36.2 Å². The van der Waals surface area contributed by atoms with Gasteiger partial charge in [0.05, 0.1) is 0 Å². The topological polar surface area (TPSA) is 63.2 Å². The van der Waals surface area contributed by atoms with Crippen LogP contribution in [0.15, 0.2) is 0 Å². The Bertz CT molecular complexity index is 371. The molecule has 0 aromatic carbocycles. The Labute approximate surface area is 98.9 Å². The van der Waals surface area contributed by atoms with E-state index in [0.717, 1.165) is 19.1 Å². The van der Waals surface area contributed by atoms with Crippen molar-refractivity contribution in [2.75, 3.05) is 11.6 Å². The average Bonchev–Trinajstić information content (AvgIpc) is 2.83. The molecule has 1 fully saturated rings. The summed E-state index contributed by atoms with van der Waals surface area (Å²) in [5, 5.41) is 3.47. The van der Waals surface area contributed by atoms with E-state index < -0.39 is 20.5 Å². The van der Waals surface area contributed by atoms with E-state index in [1.807, 2.05) is 0 Å². The first-order valence-electron chi connectivity index (χ1n) is 4.73. The van der Waals surface area contributed by atoms with Gasteiger partial charge in [0, 0.05) is 17.1 Å². The molecular formula is C9H16BrNO3S. The highest BCUT2D eigenvalue weighted by Gasteiger charge is 2.47. The first-order valence-corrected chi connectivity index (χ1v) is 7.74. The second-order valence-corrected chi connectivity index (χ2v) is 7.78. The molecular weight excluding hydrogens is 282 g/mol. The van der Waals surface area contributed by atoms with Crippen molar-refractivity contribution in [2.45, 2.75) is 37.0 Å². The number of hydrogen-bond acceptors (Lipinski definition) is 3. The molecule has 0 unspecified atom stereocenters. The first-order chi connectivity index (χ1) is 6.65. The number of carbonyl (C=O) groups excluding carboxylic acids is 1. The fraction of sp³-hybridized carbons (Fsp3) is 0.889. The number of amides is 1. The van der Waals surface area contributed by atoms with E-state index in [1.165, 1.54) is 13.8 Å². The second kappa shape index (κ2) is 3.73. The summed E-state index contributed by atoms with van der Waals surface area (Å²) in [6.45, 7) is 2.87. The summed E-state index contributed by atoms with van der Waals surface area (Å²) < 4.78 is 21.5. The van der Waals surface area contributed by atoms with E-state index in [1.54, 1.807) is 0 Å². The Balaban J connectivity index is 2.78. The number of hydrogen-bond donors (Lipinski definition) is 1. The largest absolute Gasteiger partial charge is 0.348 e. The SMILES string of the molecule is CC(C)(C(=O)NC1(CBr)CC1)S(C)(=O)=O. The van der Waals surface area contributed by atoms with E-state index in [2.05, 4.69) is 21.2 Å². The summed E-state index contributed by atoms with van der Waals surface area (Å²) in [4.78, 5) is 11.8. The van der Waals surface area contributed by atoms with Crippen molar-refractivity contribution >= 4 is 31.7 Å². The standard InChI is InChI=1S/C9H16BrNO3S/c1-8(2,15(3,13)14)7(12)11-9(6-10)4-5-9/h4-6H2,1-3H3,(H,11,12). The zero-order chi connectivity index (χ0) is 11.9. The van der Waals surface area contributed by atoms with E-state index >= 15 is 0 Å². The van der Waals surface area contributed by atoms with Crippen LogP contribution in [0.2, 0.25) is 0 Å². The third-order valence-electron chi connectivity index (χ3n) is 2.96. The molecule has 0 bridgehead atoms. The first kappa shape index (κ1) is 13.0. The lowest BCUT2D eigenvalue weighted by Crippen LogP contribution is -2.52. The van der Waals surface area contributed by atoms with Gasteiger partial charge in [0.2, 0.25) is 5.91 Å². The summed E-state index contributed by atoms with van der Waals surface area (Å²) in [5.74, 6) is -0.415. The van der Waals surface area contributed by atoms with Crippen LogP contribution >= 0.6 is 15.9 Å². The van der Waals surface area contributed by atoms with Crippen molar-refractivity contribution in [2.24, 2.45) is 0 Å². The quantitative estimate of drug-likeness (QED) is 0.783. The highest BCUT2D eigenvalue weighted by molar-refractivity contribution is 9.09. The molecule has 1 saturated carbocycles. The minimum absolute atomic E-state index is 0.209. The Kier molecular flexibility index (Phi) is 3.23. The molecule has 0 atom stereocenters. The molecule has 1 N–H and O–H groups in total. The third kappa shape index (κ3) is 2.53. The van der Waals surface area contributed by atoms with Crippen LogP contribution in [0.1, 0.15) is 26.7 Å². The van der Waals surface area contributed by atoms with Crippen LogP contribution in [-0.2, 0) is 14.6 Å². The summed E-state index contributed by atoms with van der Waals surface area (Å²) in [5.41, 5.74) is -0.209. The Hall–Kier alpha value is -0.100. The van der Waals surface area contributed by atoms with Gasteiger partial charge in [0.1, 0.15) is 4.75 Å². The minimum Gasteiger partial charge on any atom is -0.348 e. The molecule has 1 amide bonds. The molecule has 15 heavy (non-hydrogen) atoms. The van der Waals surface area contributed by atoms with Crippen LogP contribution in [0.25, 0.3) is 0 Å². The minimum atomic E-state index is -3.38. The molecule has 1 aliphatic carbocycles. The van der Waals surface area contributed by atoms with Crippen LogP contribution in [0, 0.1) is 0 Å². The van der Waals surface area contributed by atoms with Gasteiger partial charge in [-0.25, -0.2) is 8.42 Å². The Morgan fingerprint density at radius 3 is 2.20 bits per heavy atom. The van der Waals surface area contributed by atoms with Gasteiger partial charge in [0.25, 0.3) is 0 Å². The Morgan fingerprint density at radius 2 is 1.93 bits per heavy atom. The molecule has 6 heteroatoms. The smallest absolute Gasteiger partial charge is 0.241 e. The molecule has 1 aliphatic rings. The van der Waals surface area contributed by atoms with Gasteiger partial charge in [-0.05, 0) is 26.7 Å². The summed E-state index contributed by atoms with van der Waals surface area (Å²) in [6.07, 6.45) is 2.90. The lowest BCUT2D eigenvalue weighted by Gasteiger charge is -2.24. The predicted molar refractivity (Wildman–Crippen MR) is 62.8 cm³/mol. The van der Waals surface area contributed by atoms with Crippen LogP contribution in [0.5, 0.6) is 0 Å². The van der Waals surface area contributed by atoms with Crippen molar-refractivity contribution in [3.05, 3.63) is 0 Å². The van der Waals surface area contributed by atoms with Gasteiger partial charge in [0.15, 0.2) is 9.84 Å². The number of sulfone groups is 1. The second-order valence-electron chi connectivity index (χ2n) is 4.65. The predicted octanol–water partition coefficient (Wildman–Crippen LogP) is 0.853. The van der Waals surface area contributed by atoms with E-state index in [-0.39, 0.29) is 5.54 Å². The van der Waals surface area contributed by atoms with Gasteiger partial charge in [-0.15, -0.1) is 0 Å². The number of carbonyl (C=O) groups is 1. The van der Waals surface area contributed by atoms with E-state index in [0.29, 0.717) is 5.33 Å². The van der Waals surface area contributed by atoms with Crippen LogP contribution in [0.3, 0.4) is 0 Å². The van der Waals surface area contributed by atoms with Crippen molar-refractivity contribution < 1.29 is 13.2 Å². The molecule has 0 aliphatic heterocycles. The summed E-state index contributed by atoms with van der Waals surface area (Å²) in [7, 11) is -3.38. The molecule has 0 spiro atoms. The third-order valence-corrected chi connectivity index (χ3v) is 6.07. The number of rotatable bonds is 4. The molecule has 4 nitrogen and oxygen atoms in total. The van der Waals surface area contributed by atoms with Crippen molar-refractivity contribution in [3.63, 3.8) is 0 Å². The molecule has 0 aromatic rings. The van der Waals surface area contributed by atoms with Crippen molar-refractivity contribution in [3.8, 4) is 0 Å². The lowest BCUT2D eigenvalue weighted by molar-refractivity contribution is -0.123. The van der Waals surface area contributed by atoms with Gasteiger partial charge >= 0.3 is 0 Å². The molecule has 0 heterocycles. The van der Waals surface area contributed by atoms with E-state index in [9.17, 15) is 13.2 Å². The molecule has 88 valence electrons. The number of alkyl halides is 1. The maximum atomic E-state index is 11.8. The Morgan fingerprint density at radius 1 is 1.47 bits per heavy atom. The van der Waals surface area contributed by atoms with Gasteiger partial charge in [-0.3, -0.25) is 4.79 Å². The van der Waals surface area contributed by atoms with Crippen LogP contribution in [0.4, 0.5) is 0 Å². The highest BCUT2D eigenvalue weighted by atomic mass is 79.9. The average molecular weight is 298 g/mol. The zero-order valence-electron chi connectivity index (χ0n) is 9.13. The maximum Gasteiger partial charge on any atom is 0.241 e. The summed E-state index contributed by atoms with van der Waals surface area (Å²) >= 11 is 3.31. The molecule has 1 rings (SSSR count). The van der Waals surface area contributed by atoms with E-state index in [4.69, 9.17) is 0 Å².